The van der Waals surface area contributed by atoms with Crippen LogP contribution >= 0.6 is 0 Å². The van der Waals surface area contributed by atoms with E-state index in [0.29, 0.717) is 17.0 Å². The van der Waals surface area contributed by atoms with Crippen LogP contribution in [0.1, 0.15) is 55.8 Å². The Morgan fingerprint density at radius 1 is 1.20 bits per heavy atom. The van der Waals surface area contributed by atoms with Gasteiger partial charge in [-0.1, -0.05) is 39.0 Å². The van der Waals surface area contributed by atoms with Crippen molar-refractivity contribution in [3.8, 4) is 5.75 Å². The van der Waals surface area contributed by atoms with Gasteiger partial charge in [0.25, 0.3) is 5.91 Å². The van der Waals surface area contributed by atoms with E-state index < -0.39 is 0 Å². The normalized spacial score (nSPS) is 10.3. The number of carbonyl (C=O) groups excluding carboxylic acids is 1. The summed E-state index contributed by atoms with van der Waals surface area (Å²) < 4.78 is 5.07. The molecule has 1 rings (SSSR count). The Kier molecular flexibility index (Phi) is 7.55. The van der Waals surface area contributed by atoms with E-state index in [-0.39, 0.29) is 5.91 Å². The number of amides is 1. The number of rotatable bonds is 9. The summed E-state index contributed by atoms with van der Waals surface area (Å²) in [5.74, 6) is 0.519. The number of ether oxygens (including phenoxy) is 1. The van der Waals surface area contributed by atoms with Crippen molar-refractivity contribution in [3.05, 3.63) is 23.8 Å². The van der Waals surface area contributed by atoms with Crippen LogP contribution in [0.3, 0.4) is 0 Å². The number of unbranched alkanes of at least 4 members (excludes halogenated alkanes) is 5. The van der Waals surface area contributed by atoms with Crippen molar-refractivity contribution < 1.29 is 9.53 Å². The van der Waals surface area contributed by atoms with Gasteiger partial charge in [0.15, 0.2) is 0 Å². The molecule has 0 aromatic heterocycles. The number of hydrogen-bond acceptors (Lipinski definition) is 3. The predicted octanol–water partition coefficient (Wildman–Crippen LogP) is 3.37. The molecule has 0 spiro atoms. The Balaban J connectivity index is 2.27. The van der Waals surface area contributed by atoms with Crippen LogP contribution in [0.2, 0.25) is 0 Å². The Labute approximate surface area is 121 Å². The van der Waals surface area contributed by atoms with E-state index in [1.807, 2.05) is 0 Å². The van der Waals surface area contributed by atoms with Crippen molar-refractivity contribution in [2.45, 2.75) is 45.4 Å². The first kappa shape index (κ1) is 16.3. The summed E-state index contributed by atoms with van der Waals surface area (Å²) in [5.41, 5.74) is 6.85. The zero-order valence-corrected chi connectivity index (χ0v) is 12.6. The molecule has 4 nitrogen and oxygen atoms in total. The molecule has 0 saturated heterocycles. The molecule has 0 radical (unpaired) electrons. The number of hydrogen-bond donors (Lipinski definition) is 2. The molecule has 0 aliphatic heterocycles. The number of nitrogens with two attached hydrogens (primary N) is 1. The predicted molar refractivity (Wildman–Crippen MR) is 83.1 cm³/mol. The zero-order chi connectivity index (χ0) is 14.8. The van der Waals surface area contributed by atoms with Crippen LogP contribution in [-0.4, -0.2) is 19.6 Å². The van der Waals surface area contributed by atoms with E-state index in [0.717, 1.165) is 13.0 Å². The van der Waals surface area contributed by atoms with Crippen LogP contribution in [0.15, 0.2) is 18.2 Å². The number of nitrogens with one attached hydrogen (secondary N) is 1. The highest BCUT2D eigenvalue weighted by molar-refractivity contribution is 5.95. The maximum Gasteiger partial charge on any atom is 0.251 e. The molecule has 0 atom stereocenters. The molecule has 1 aromatic carbocycles. The summed E-state index contributed by atoms with van der Waals surface area (Å²) in [6.45, 7) is 2.93. The van der Waals surface area contributed by atoms with Crippen molar-refractivity contribution in [1.29, 1.82) is 0 Å². The second-order valence-corrected chi connectivity index (χ2v) is 4.98. The van der Waals surface area contributed by atoms with Crippen LogP contribution in [0, 0.1) is 0 Å². The maximum atomic E-state index is 11.9. The fourth-order valence-corrected chi connectivity index (χ4v) is 2.08. The van der Waals surface area contributed by atoms with Gasteiger partial charge in [0, 0.05) is 12.1 Å². The number of methoxy groups -OCH3 is 1. The highest BCUT2D eigenvalue weighted by atomic mass is 16.5. The molecule has 20 heavy (non-hydrogen) atoms. The molecule has 0 saturated carbocycles. The largest absolute Gasteiger partial charge is 0.495 e. The fraction of sp³-hybridized carbons (Fsp3) is 0.562. The van der Waals surface area contributed by atoms with Crippen molar-refractivity contribution in [3.63, 3.8) is 0 Å². The molecule has 0 fully saturated rings. The summed E-state index contributed by atoms with van der Waals surface area (Å²) in [4.78, 5) is 11.9. The van der Waals surface area contributed by atoms with Gasteiger partial charge in [-0.15, -0.1) is 0 Å². The molecule has 3 N–H and O–H groups in total. The summed E-state index contributed by atoms with van der Waals surface area (Å²) in [5, 5.41) is 2.92. The molecule has 0 aliphatic rings. The van der Waals surface area contributed by atoms with Gasteiger partial charge in [-0.3, -0.25) is 4.79 Å². The first-order valence-electron chi connectivity index (χ1n) is 7.40. The molecule has 112 valence electrons. The Bertz CT molecular complexity index is 419. The summed E-state index contributed by atoms with van der Waals surface area (Å²) in [6, 6.07) is 5.09. The van der Waals surface area contributed by atoms with E-state index in [9.17, 15) is 4.79 Å². The van der Waals surface area contributed by atoms with Gasteiger partial charge < -0.3 is 15.8 Å². The number of anilines is 1. The Morgan fingerprint density at radius 2 is 1.90 bits per heavy atom. The third-order valence-corrected chi connectivity index (χ3v) is 3.31. The monoisotopic (exact) mass is 278 g/mol. The van der Waals surface area contributed by atoms with E-state index in [4.69, 9.17) is 10.5 Å². The fourth-order valence-electron chi connectivity index (χ4n) is 2.08. The van der Waals surface area contributed by atoms with Crippen molar-refractivity contribution in [2.24, 2.45) is 0 Å². The van der Waals surface area contributed by atoms with Crippen LogP contribution in [0.25, 0.3) is 0 Å². The molecule has 0 heterocycles. The minimum absolute atomic E-state index is 0.0760. The number of benzene rings is 1. The topological polar surface area (TPSA) is 64.3 Å². The Morgan fingerprint density at radius 3 is 2.55 bits per heavy atom. The van der Waals surface area contributed by atoms with Gasteiger partial charge in [0.05, 0.1) is 12.8 Å². The lowest BCUT2D eigenvalue weighted by Crippen LogP contribution is -2.24. The average Bonchev–Trinajstić information content (AvgIpc) is 2.46. The standard InChI is InChI=1S/C16H26N2O2/c1-3-4-5-6-7-8-11-18-16(19)13-9-10-15(20-2)14(17)12-13/h9-10,12H,3-8,11,17H2,1-2H3,(H,18,19). The van der Waals surface area contributed by atoms with Crippen LogP contribution in [0.5, 0.6) is 5.75 Å². The minimum atomic E-state index is -0.0760. The lowest BCUT2D eigenvalue weighted by Gasteiger charge is -2.08. The average molecular weight is 278 g/mol. The Hall–Kier alpha value is -1.71. The number of carbonyl (C=O) groups is 1. The van der Waals surface area contributed by atoms with E-state index in [1.165, 1.54) is 32.1 Å². The third kappa shape index (κ3) is 5.51. The van der Waals surface area contributed by atoms with E-state index in [1.54, 1.807) is 25.3 Å². The van der Waals surface area contributed by atoms with E-state index in [2.05, 4.69) is 12.2 Å². The lowest BCUT2D eigenvalue weighted by molar-refractivity contribution is 0.0953. The van der Waals surface area contributed by atoms with Crippen LogP contribution < -0.4 is 15.8 Å². The van der Waals surface area contributed by atoms with Crippen LogP contribution in [-0.2, 0) is 0 Å². The SMILES string of the molecule is CCCCCCCCNC(=O)c1ccc(OC)c(N)c1. The quantitative estimate of drug-likeness (QED) is 0.537. The van der Waals surface area contributed by atoms with E-state index >= 15 is 0 Å². The molecule has 0 aliphatic carbocycles. The smallest absolute Gasteiger partial charge is 0.251 e. The lowest BCUT2D eigenvalue weighted by atomic mass is 10.1. The van der Waals surface area contributed by atoms with Gasteiger partial charge in [-0.25, -0.2) is 0 Å². The van der Waals surface area contributed by atoms with Crippen molar-refractivity contribution >= 4 is 11.6 Å². The summed E-state index contributed by atoms with van der Waals surface area (Å²) in [6.07, 6.45) is 7.30. The van der Waals surface area contributed by atoms with Gasteiger partial charge in [-0.05, 0) is 24.6 Å². The number of nitrogen functional groups attached to an aromatic ring is 1. The second kappa shape index (κ2) is 9.23. The second-order valence-electron chi connectivity index (χ2n) is 4.98. The van der Waals surface area contributed by atoms with Crippen molar-refractivity contribution in [2.75, 3.05) is 19.4 Å². The first-order valence-corrected chi connectivity index (χ1v) is 7.40. The van der Waals surface area contributed by atoms with Gasteiger partial charge >= 0.3 is 0 Å². The molecule has 4 heteroatoms. The molecule has 0 bridgehead atoms. The summed E-state index contributed by atoms with van der Waals surface area (Å²) in [7, 11) is 1.56. The minimum Gasteiger partial charge on any atom is -0.495 e. The highest BCUT2D eigenvalue weighted by Crippen LogP contribution is 2.21. The molecule has 1 aromatic rings. The van der Waals surface area contributed by atoms with Crippen LogP contribution in [0.4, 0.5) is 5.69 Å². The van der Waals surface area contributed by atoms with Crippen molar-refractivity contribution in [1.82, 2.24) is 5.32 Å². The maximum absolute atomic E-state index is 11.9. The zero-order valence-electron chi connectivity index (χ0n) is 12.6. The summed E-state index contributed by atoms with van der Waals surface area (Å²) >= 11 is 0. The highest BCUT2D eigenvalue weighted by Gasteiger charge is 2.07. The molecule has 0 unspecified atom stereocenters. The molecular formula is C16H26N2O2. The molecule has 1 amide bonds. The first-order chi connectivity index (χ1) is 9.69. The molecular weight excluding hydrogens is 252 g/mol. The van der Waals surface area contributed by atoms with Gasteiger partial charge in [0.1, 0.15) is 5.75 Å². The van der Waals surface area contributed by atoms with Gasteiger partial charge in [-0.2, -0.15) is 0 Å². The third-order valence-electron chi connectivity index (χ3n) is 3.31. The van der Waals surface area contributed by atoms with Gasteiger partial charge in [0.2, 0.25) is 0 Å².